The lowest BCUT2D eigenvalue weighted by atomic mass is 10.1. The molecule has 1 fully saturated rings. The highest BCUT2D eigenvalue weighted by molar-refractivity contribution is 5.96. The third-order valence-corrected chi connectivity index (χ3v) is 5.40. The first-order valence-electron chi connectivity index (χ1n) is 10.3. The molecule has 11 heteroatoms. The number of hydrogen-bond donors (Lipinski definition) is 2. The van der Waals surface area contributed by atoms with E-state index in [2.05, 4.69) is 20.4 Å². The molecule has 1 saturated carbocycles. The zero-order chi connectivity index (χ0) is 23.3. The minimum atomic E-state index is -4.40. The van der Waals surface area contributed by atoms with Crippen LogP contribution in [-0.2, 0) is 6.54 Å². The van der Waals surface area contributed by atoms with E-state index >= 15 is 0 Å². The summed E-state index contributed by atoms with van der Waals surface area (Å²) in [6.45, 7) is 0.565. The number of rotatable bonds is 5. The Bertz CT molecular complexity index is 1370. The fourth-order valence-corrected chi connectivity index (χ4v) is 3.68. The van der Waals surface area contributed by atoms with Gasteiger partial charge in [0.1, 0.15) is 6.54 Å². The molecule has 4 aromatic rings. The van der Waals surface area contributed by atoms with Crippen molar-refractivity contribution < 1.29 is 23.1 Å². The molecule has 170 valence electrons. The van der Waals surface area contributed by atoms with Gasteiger partial charge in [0.05, 0.1) is 34.0 Å². The van der Waals surface area contributed by atoms with E-state index in [1.807, 2.05) is 0 Å². The van der Waals surface area contributed by atoms with Crippen LogP contribution < -0.4 is 5.32 Å². The number of carbonyl (C=O) groups is 1. The molecule has 1 aliphatic rings. The fourth-order valence-electron chi connectivity index (χ4n) is 3.68. The van der Waals surface area contributed by atoms with Crippen LogP contribution >= 0.6 is 0 Å². The van der Waals surface area contributed by atoms with Gasteiger partial charge in [-0.1, -0.05) is 0 Å². The number of hydrogen-bond acceptors (Lipinski definition) is 5. The molecule has 4 heterocycles. The minimum absolute atomic E-state index is 0.149. The second-order valence-corrected chi connectivity index (χ2v) is 8.13. The van der Waals surface area contributed by atoms with Crippen molar-refractivity contribution in [3.8, 4) is 22.8 Å². The average molecular weight is 456 g/mol. The normalized spacial score (nSPS) is 14.1. The van der Waals surface area contributed by atoms with E-state index in [1.54, 1.807) is 25.3 Å². The Morgan fingerprint density at radius 1 is 1.21 bits per heavy atom. The summed E-state index contributed by atoms with van der Waals surface area (Å²) >= 11 is 0. The van der Waals surface area contributed by atoms with Crippen molar-refractivity contribution >= 4 is 16.8 Å². The maximum absolute atomic E-state index is 12.6. The van der Waals surface area contributed by atoms with Gasteiger partial charge in [-0.25, -0.2) is 4.98 Å². The predicted molar refractivity (Wildman–Crippen MR) is 113 cm³/mol. The lowest BCUT2D eigenvalue weighted by molar-refractivity contribution is -0.142. The molecule has 0 aliphatic heterocycles. The molecule has 0 spiro atoms. The fraction of sp³-hybridized carbons (Fsp3) is 0.273. The lowest BCUT2D eigenvalue weighted by Gasteiger charge is -2.07. The number of fused-ring (bicyclic) bond motifs is 1. The molecule has 0 saturated heterocycles. The summed E-state index contributed by atoms with van der Waals surface area (Å²) in [4.78, 5) is 21.1. The Morgan fingerprint density at radius 2 is 2.00 bits per heavy atom. The summed E-state index contributed by atoms with van der Waals surface area (Å²) in [5.41, 5.74) is 3.04. The molecule has 8 nitrogen and oxygen atoms in total. The zero-order valence-electron chi connectivity index (χ0n) is 17.5. The Hall–Kier alpha value is -3.89. The Balaban J connectivity index is 1.50. The lowest BCUT2D eigenvalue weighted by Crippen LogP contribution is -2.25. The van der Waals surface area contributed by atoms with Crippen LogP contribution in [0.1, 0.15) is 28.8 Å². The molecule has 0 bridgehead atoms. The summed E-state index contributed by atoms with van der Waals surface area (Å²) in [5.74, 6) is -0.340. The van der Waals surface area contributed by atoms with E-state index in [0.717, 1.165) is 17.5 Å². The number of carbonyl (C=O) groups excluding carboxylic acids is 1. The van der Waals surface area contributed by atoms with Crippen molar-refractivity contribution in [2.75, 3.05) is 0 Å². The van der Waals surface area contributed by atoms with Crippen molar-refractivity contribution in [2.24, 2.45) is 0 Å². The van der Waals surface area contributed by atoms with E-state index < -0.39 is 12.7 Å². The van der Waals surface area contributed by atoms with Crippen LogP contribution in [0.2, 0.25) is 0 Å². The van der Waals surface area contributed by atoms with Crippen molar-refractivity contribution in [3.05, 3.63) is 54.2 Å². The van der Waals surface area contributed by atoms with Gasteiger partial charge in [-0.05, 0) is 37.5 Å². The summed E-state index contributed by atoms with van der Waals surface area (Å²) in [5, 5.41) is 17.8. The van der Waals surface area contributed by atoms with Crippen molar-refractivity contribution in [3.63, 3.8) is 0 Å². The second-order valence-electron chi connectivity index (χ2n) is 8.13. The number of amides is 1. The van der Waals surface area contributed by atoms with E-state index in [1.165, 1.54) is 29.4 Å². The quantitative estimate of drug-likeness (QED) is 0.477. The SMILES string of the molecule is Cc1cc(-c2cncc(C(=O)NC3CC3)c2)nc2cn(-c3cnn(CC(F)(F)F)c3)c(O)c12. The van der Waals surface area contributed by atoms with Gasteiger partial charge in [0.15, 0.2) is 0 Å². The summed E-state index contributed by atoms with van der Waals surface area (Å²) < 4.78 is 40.0. The van der Waals surface area contributed by atoms with Crippen LogP contribution in [0.15, 0.2) is 43.1 Å². The molecule has 0 radical (unpaired) electrons. The molecule has 0 atom stereocenters. The number of nitrogens with zero attached hydrogens (tertiary/aromatic N) is 5. The average Bonchev–Trinajstić information content (AvgIpc) is 3.34. The number of pyridine rings is 2. The van der Waals surface area contributed by atoms with Gasteiger partial charge < -0.3 is 10.4 Å². The molecule has 5 rings (SSSR count). The molecular weight excluding hydrogens is 437 g/mol. The van der Waals surface area contributed by atoms with Crippen LogP contribution in [0.5, 0.6) is 5.88 Å². The molecule has 4 aromatic heterocycles. The van der Waals surface area contributed by atoms with Gasteiger partial charge in [0.25, 0.3) is 5.91 Å². The molecule has 1 aliphatic carbocycles. The van der Waals surface area contributed by atoms with Gasteiger partial charge >= 0.3 is 6.18 Å². The number of aryl methyl sites for hydroxylation is 1. The number of aromatic nitrogens is 5. The van der Waals surface area contributed by atoms with Crippen molar-refractivity contribution in [1.82, 2.24) is 29.6 Å². The molecule has 1 amide bonds. The van der Waals surface area contributed by atoms with Gasteiger partial charge in [-0.15, -0.1) is 0 Å². The first-order chi connectivity index (χ1) is 15.7. The minimum Gasteiger partial charge on any atom is -0.494 e. The molecule has 0 aromatic carbocycles. The van der Waals surface area contributed by atoms with Crippen LogP contribution in [0.3, 0.4) is 0 Å². The Kier molecular flexibility index (Phi) is 4.84. The topological polar surface area (TPSA) is 97.9 Å². The zero-order valence-corrected chi connectivity index (χ0v) is 17.5. The number of aromatic hydroxyl groups is 1. The first kappa shape index (κ1) is 21.0. The summed E-state index contributed by atoms with van der Waals surface area (Å²) in [6, 6.07) is 3.69. The molecular formula is C22H19F3N6O2. The largest absolute Gasteiger partial charge is 0.494 e. The van der Waals surface area contributed by atoms with Crippen LogP contribution in [-0.4, -0.2) is 47.5 Å². The second kappa shape index (κ2) is 7.61. The Morgan fingerprint density at radius 3 is 2.73 bits per heavy atom. The molecule has 33 heavy (non-hydrogen) atoms. The summed E-state index contributed by atoms with van der Waals surface area (Å²) in [6.07, 6.45) is 4.62. The maximum atomic E-state index is 12.6. The summed E-state index contributed by atoms with van der Waals surface area (Å²) in [7, 11) is 0. The third kappa shape index (κ3) is 4.26. The van der Waals surface area contributed by atoms with Crippen LogP contribution in [0.25, 0.3) is 27.8 Å². The van der Waals surface area contributed by atoms with Gasteiger partial charge in [-0.2, -0.15) is 18.3 Å². The molecule has 0 unspecified atom stereocenters. The van der Waals surface area contributed by atoms with E-state index in [9.17, 15) is 23.1 Å². The molecule has 2 N–H and O–H groups in total. The highest BCUT2D eigenvalue weighted by atomic mass is 19.4. The highest BCUT2D eigenvalue weighted by Gasteiger charge is 2.29. The maximum Gasteiger partial charge on any atom is 0.408 e. The van der Waals surface area contributed by atoms with Crippen molar-refractivity contribution in [1.29, 1.82) is 0 Å². The van der Waals surface area contributed by atoms with E-state index in [4.69, 9.17) is 0 Å². The first-order valence-corrected chi connectivity index (χ1v) is 10.3. The van der Waals surface area contributed by atoms with Crippen molar-refractivity contribution in [2.45, 2.75) is 38.5 Å². The number of alkyl halides is 3. The van der Waals surface area contributed by atoms with Gasteiger partial charge in [-0.3, -0.25) is 19.0 Å². The standard InChI is InChI=1S/C22H19F3N6O2/c1-12-4-17(13-5-14(7-26-6-13)20(32)28-15-2-3-15)29-18-10-31(21(33)19(12)18)16-8-27-30(9-16)11-22(23,24)25/h4-10,15,33H,2-3,11H2,1H3,(H,28,32). The number of halogens is 3. The number of nitrogens with one attached hydrogen (secondary N) is 1. The van der Waals surface area contributed by atoms with E-state index in [0.29, 0.717) is 33.3 Å². The van der Waals surface area contributed by atoms with Crippen LogP contribution in [0.4, 0.5) is 13.2 Å². The van der Waals surface area contributed by atoms with Gasteiger partial charge in [0.2, 0.25) is 5.88 Å². The Labute approximate surface area is 185 Å². The van der Waals surface area contributed by atoms with Crippen LogP contribution in [0, 0.1) is 6.92 Å². The monoisotopic (exact) mass is 456 g/mol. The van der Waals surface area contributed by atoms with Gasteiger partial charge in [0, 0.05) is 36.4 Å². The smallest absolute Gasteiger partial charge is 0.408 e. The van der Waals surface area contributed by atoms with E-state index in [-0.39, 0.29) is 23.5 Å². The third-order valence-electron chi connectivity index (χ3n) is 5.40. The highest BCUT2D eigenvalue weighted by Crippen LogP contribution is 2.34. The predicted octanol–water partition coefficient (Wildman–Crippen LogP) is 3.75.